The van der Waals surface area contributed by atoms with Crippen molar-refractivity contribution in [2.75, 3.05) is 23.7 Å². The molecule has 1 heterocycles. The van der Waals surface area contributed by atoms with Gasteiger partial charge in [-0.1, -0.05) is 0 Å². The molecule has 0 bridgehead atoms. The van der Waals surface area contributed by atoms with Gasteiger partial charge in [-0.15, -0.1) is 0 Å². The third-order valence-corrected chi connectivity index (χ3v) is 2.88. The fourth-order valence-electron chi connectivity index (χ4n) is 1.99. The molecule has 1 fully saturated rings. The molecule has 0 aliphatic carbocycles. The highest BCUT2D eigenvalue weighted by Gasteiger charge is 2.11. The van der Waals surface area contributed by atoms with Crippen molar-refractivity contribution in [3.05, 3.63) is 23.8 Å². The molecule has 1 aromatic rings. The predicted molar refractivity (Wildman–Crippen MR) is 61.6 cm³/mol. The summed E-state index contributed by atoms with van der Waals surface area (Å²) in [5.41, 5.74) is 7.96. The highest BCUT2D eigenvalue weighted by molar-refractivity contribution is 5.62. The molecule has 1 aliphatic rings. The molecule has 78 valence electrons. The van der Waals surface area contributed by atoms with Gasteiger partial charge in [-0.3, -0.25) is 0 Å². The molecule has 1 saturated heterocycles. The summed E-state index contributed by atoms with van der Waals surface area (Å²) in [5, 5.41) is 8.89. The number of nitrogen functional groups attached to an aromatic ring is 1. The first-order chi connectivity index (χ1) is 7.31. The summed E-state index contributed by atoms with van der Waals surface area (Å²) < 4.78 is 0. The van der Waals surface area contributed by atoms with Crippen LogP contribution in [0.2, 0.25) is 0 Å². The van der Waals surface area contributed by atoms with E-state index in [1.807, 2.05) is 18.2 Å². The van der Waals surface area contributed by atoms with E-state index in [9.17, 15) is 0 Å². The van der Waals surface area contributed by atoms with Crippen LogP contribution in [0.15, 0.2) is 18.2 Å². The Morgan fingerprint density at radius 2 is 1.93 bits per heavy atom. The normalized spacial score (nSPS) is 16.1. The van der Waals surface area contributed by atoms with Crippen LogP contribution in [0.3, 0.4) is 0 Å². The van der Waals surface area contributed by atoms with Crippen molar-refractivity contribution < 1.29 is 0 Å². The highest BCUT2D eigenvalue weighted by atomic mass is 15.1. The average molecular weight is 201 g/mol. The number of nitrogens with zero attached hydrogens (tertiary/aromatic N) is 2. The number of piperidine rings is 1. The fourth-order valence-corrected chi connectivity index (χ4v) is 1.99. The molecule has 3 heteroatoms. The Kier molecular flexibility index (Phi) is 2.77. The number of hydrogen-bond donors (Lipinski definition) is 1. The Labute approximate surface area is 90.1 Å². The maximum atomic E-state index is 8.89. The lowest BCUT2D eigenvalue weighted by Crippen LogP contribution is -2.29. The second-order valence-electron chi connectivity index (χ2n) is 3.93. The molecule has 0 aromatic heterocycles. The summed E-state index contributed by atoms with van der Waals surface area (Å²) in [5.74, 6) is 0. The number of nitrogens with two attached hydrogens (primary N) is 1. The van der Waals surface area contributed by atoms with Crippen LogP contribution in [0.1, 0.15) is 24.8 Å². The van der Waals surface area contributed by atoms with Gasteiger partial charge in [0.2, 0.25) is 0 Å². The second kappa shape index (κ2) is 4.22. The van der Waals surface area contributed by atoms with Crippen molar-refractivity contribution in [3.8, 4) is 6.07 Å². The lowest BCUT2D eigenvalue weighted by atomic mass is 10.1. The molecule has 0 saturated carbocycles. The quantitative estimate of drug-likeness (QED) is 0.708. The van der Waals surface area contributed by atoms with Crippen LogP contribution < -0.4 is 10.6 Å². The first-order valence-electron chi connectivity index (χ1n) is 5.36. The molecule has 0 radical (unpaired) electrons. The van der Waals surface area contributed by atoms with Crippen molar-refractivity contribution in [2.24, 2.45) is 0 Å². The topological polar surface area (TPSA) is 53.0 Å². The number of rotatable bonds is 1. The molecule has 2 rings (SSSR count). The van der Waals surface area contributed by atoms with Gasteiger partial charge in [-0.05, 0) is 37.5 Å². The van der Waals surface area contributed by atoms with E-state index in [2.05, 4.69) is 11.0 Å². The lowest BCUT2D eigenvalue weighted by molar-refractivity contribution is 0.578. The predicted octanol–water partition coefficient (Wildman–Crippen LogP) is 2.13. The second-order valence-corrected chi connectivity index (χ2v) is 3.93. The van der Waals surface area contributed by atoms with Crippen molar-refractivity contribution in [2.45, 2.75) is 19.3 Å². The SMILES string of the molecule is N#Cc1cc(N2CCCCC2)ccc1N. The van der Waals surface area contributed by atoms with E-state index in [-0.39, 0.29) is 0 Å². The monoisotopic (exact) mass is 201 g/mol. The van der Waals surface area contributed by atoms with Crippen LogP contribution in [-0.2, 0) is 0 Å². The zero-order chi connectivity index (χ0) is 10.7. The van der Waals surface area contributed by atoms with Crippen LogP contribution >= 0.6 is 0 Å². The van der Waals surface area contributed by atoms with Gasteiger partial charge in [0.15, 0.2) is 0 Å². The molecule has 3 nitrogen and oxygen atoms in total. The summed E-state index contributed by atoms with van der Waals surface area (Å²) in [7, 11) is 0. The van der Waals surface area contributed by atoms with Gasteiger partial charge in [0.25, 0.3) is 0 Å². The average Bonchev–Trinajstić information content (AvgIpc) is 2.31. The third-order valence-electron chi connectivity index (χ3n) is 2.88. The minimum absolute atomic E-state index is 0.568. The smallest absolute Gasteiger partial charge is 0.101 e. The van der Waals surface area contributed by atoms with E-state index < -0.39 is 0 Å². The van der Waals surface area contributed by atoms with E-state index >= 15 is 0 Å². The molecule has 0 spiro atoms. The molecule has 1 aromatic carbocycles. The first-order valence-corrected chi connectivity index (χ1v) is 5.36. The summed E-state index contributed by atoms with van der Waals surface area (Å²) >= 11 is 0. The maximum Gasteiger partial charge on any atom is 0.101 e. The van der Waals surface area contributed by atoms with Crippen LogP contribution in [0, 0.1) is 11.3 Å². The van der Waals surface area contributed by atoms with Crippen LogP contribution in [0.4, 0.5) is 11.4 Å². The van der Waals surface area contributed by atoms with Gasteiger partial charge >= 0.3 is 0 Å². The minimum atomic E-state index is 0.568. The van der Waals surface area contributed by atoms with E-state index in [0.717, 1.165) is 18.8 Å². The number of nitriles is 1. The van der Waals surface area contributed by atoms with Crippen molar-refractivity contribution in [3.63, 3.8) is 0 Å². The summed E-state index contributed by atoms with van der Waals surface area (Å²) in [6, 6.07) is 7.84. The maximum absolute atomic E-state index is 8.89. The molecular formula is C12H15N3. The molecular weight excluding hydrogens is 186 g/mol. The zero-order valence-electron chi connectivity index (χ0n) is 8.74. The highest BCUT2D eigenvalue weighted by Crippen LogP contribution is 2.23. The van der Waals surface area contributed by atoms with Crippen LogP contribution in [0.25, 0.3) is 0 Å². The van der Waals surface area contributed by atoms with Crippen molar-refractivity contribution >= 4 is 11.4 Å². The Bertz CT molecular complexity index is 386. The Morgan fingerprint density at radius 3 is 2.60 bits per heavy atom. The molecule has 0 unspecified atom stereocenters. The van der Waals surface area contributed by atoms with E-state index in [0.29, 0.717) is 11.3 Å². The van der Waals surface area contributed by atoms with E-state index in [1.54, 1.807) is 0 Å². The largest absolute Gasteiger partial charge is 0.398 e. The number of benzene rings is 1. The molecule has 0 atom stereocenters. The van der Waals surface area contributed by atoms with Crippen molar-refractivity contribution in [1.82, 2.24) is 0 Å². The van der Waals surface area contributed by atoms with Crippen LogP contribution in [0.5, 0.6) is 0 Å². The zero-order valence-corrected chi connectivity index (χ0v) is 8.74. The number of hydrogen-bond acceptors (Lipinski definition) is 3. The van der Waals surface area contributed by atoms with Gasteiger partial charge in [0, 0.05) is 24.5 Å². The van der Waals surface area contributed by atoms with Gasteiger partial charge in [0.1, 0.15) is 6.07 Å². The van der Waals surface area contributed by atoms with Gasteiger partial charge < -0.3 is 10.6 Å². The molecule has 1 aliphatic heterocycles. The van der Waals surface area contributed by atoms with Crippen molar-refractivity contribution in [1.29, 1.82) is 5.26 Å². The first kappa shape index (κ1) is 9.85. The van der Waals surface area contributed by atoms with E-state index in [1.165, 1.54) is 19.3 Å². The summed E-state index contributed by atoms with van der Waals surface area (Å²) in [4.78, 5) is 2.32. The van der Waals surface area contributed by atoms with Crippen LogP contribution in [-0.4, -0.2) is 13.1 Å². The fraction of sp³-hybridized carbons (Fsp3) is 0.417. The third kappa shape index (κ3) is 2.04. The van der Waals surface area contributed by atoms with E-state index in [4.69, 9.17) is 11.0 Å². The molecule has 15 heavy (non-hydrogen) atoms. The summed E-state index contributed by atoms with van der Waals surface area (Å²) in [6.45, 7) is 2.18. The minimum Gasteiger partial charge on any atom is -0.398 e. The summed E-state index contributed by atoms with van der Waals surface area (Å²) in [6.07, 6.45) is 3.80. The van der Waals surface area contributed by atoms with Gasteiger partial charge in [0.05, 0.1) is 5.56 Å². The Morgan fingerprint density at radius 1 is 1.20 bits per heavy atom. The Hall–Kier alpha value is -1.69. The number of anilines is 2. The molecule has 0 amide bonds. The lowest BCUT2D eigenvalue weighted by Gasteiger charge is -2.29. The van der Waals surface area contributed by atoms with Gasteiger partial charge in [-0.25, -0.2) is 0 Å². The van der Waals surface area contributed by atoms with Gasteiger partial charge in [-0.2, -0.15) is 5.26 Å². The Balaban J connectivity index is 2.25. The molecule has 2 N–H and O–H groups in total. The standard InChI is InChI=1S/C12H15N3/c13-9-10-8-11(4-5-12(10)14)15-6-2-1-3-7-15/h4-5,8H,1-3,6-7,14H2.